The number of rotatable bonds is 1. The van der Waals surface area contributed by atoms with E-state index >= 15 is 0 Å². The predicted molar refractivity (Wildman–Crippen MR) is 69.6 cm³/mol. The summed E-state index contributed by atoms with van der Waals surface area (Å²) < 4.78 is 2.11. The largest absolute Gasteiger partial charge is 0.292 e. The summed E-state index contributed by atoms with van der Waals surface area (Å²) in [4.78, 5) is 8.97. The molecule has 86 valence electrons. The normalized spacial score (nSPS) is 11.5. The first-order valence-electron chi connectivity index (χ1n) is 5.64. The highest BCUT2D eigenvalue weighted by Crippen LogP contribution is 2.25. The average molecular weight is 246 g/mol. The smallest absolute Gasteiger partial charge is 0.155 e. The Balaban J connectivity index is 2.62. The van der Waals surface area contributed by atoms with Crippen molar-refractivity contribution in [3.05, 3.63) is 40.9 Å². The van der Waals surface area contributed by atoms with Gasteiger partial charge in [-0.05, 0) is 19.1 Å². The molecule has 0 radical (unpaired) electrons. The Bertz CT molecular complexity index is 715. The summed E-state index contributed by atoms with van der Waals surface area (Å²) in [6, 6.07) is 7.99. The summed E-state index contributed by atoms with van der Waals surface area (Å²) in [7, 11) is 0. The van der Waals surface area contributed by atoms with Gasteiger partial charge < -0.3 is 0 Å². The molecule has 4 heteroatoms. The number of nitrogens with zero attached hydrogens (tertiary/aromatic N) is 3. The number of benzene rings is 1. The minimum Gasteiger partial charge on any atom is -0.292 e. The molecule has 0 fully saturated rings. The Hall–Kier alpha value is -1.61. The van der Waals surface area contributed by atoms with Crippen LogP contribution in [-0.2, 0) is 6.42 Å². The van der Waals surface area contributed by atoms with Gasteiger partial charge in [-0.1, -0.05) is 30.7 Å². The van der Waals surface area contributed by atoms with Crippen LogP contribution in [0.15, 0.2) is 24.3 Å². The quantitative estimate of drug-likeness (QED) is 0.658. The fourth-order valence-corrected chi connectivity index (χ4v) is 2.54. The molecule has 0 aliphatic carbocycles. The number of hydrogen-bond acceptors (Lipinski definition) is 2. The maximum atomic E-state index is 6.24. The number of para-hydroxylation sites is 2. The second kappa shape index (κ2) is 3.70. The lowest BCUT2D eigenvalue weighted by molar-refractivity contribution is 0.945. The molecule has 0 amide bonds. The maximum Gasteiger partial charge on any atom is 0.155 e. The highest BCUT2D eigenvalue weighted by molar-refractivity contribution is 6.33. The number of aryl methyl sites for hydroxylation is 2. The summed E-state index contributed by atoms with van der Waals surface area (Å²) in [6.07, 6.45) is 0.874. The zero-order valence-corrected chi connectivity index (χ0v) is 10.5. The molecule has 0 unspecified atom stereocenters. The van der Waals surface area contributed by atoms with Crippen molar-refractivity contribution in [3.63, 3.8) is 0 Å². The van der Waals surface area contributed by atoms with E-state index in [0.717, 1.165) is 34.5 Å². The van der Waals surface area contributed by atoms with Crippen LogP contribution in [0.2, 0.25) is 5.15 Å². The highest BCUT2D eigenvalue weighted by Gasteiger charge is 2.13. The molecule has 0 aliphatic heterocycles. The molecule has 2 aromatic heterocycles. The lowest BCUT2D eigenvalue weighted by atomic mass is 10.3. The average Bonchev–Trinajstić information content (AvgIpc) is 2.67. The Morgan fingerprint density at radius 1 is 1.24 bits per heavy atom. The van der Waals surface area contributed by atoms with E-state index in [1.54, 1.807) is 0 Å². The number of fused-ring (bicyclic) bond motifs is 3. The third-order valence-electron chi connectivity index (χ3n) is 2.97. The number of hydrogen-bond donors (Lipinski definition) is 0. The molecule has 0 bridgehead atoms. The SMILES string of the molecule is CCc1nc(C)c2c(Cl)nc3ccccc3n12. The van der Waals surface area contributed by atoms with Gasteiger partial charge in [0, 0.05) is 6.42 Å². The summed E-state index contributed by atoms with van der Waals surface area (Å²) in [5, 5.41) is 0.522. The van der Waals surface area contributed by atoms with Crippen LogP contribution < -0.4 is 0 Å². The van der Waals surface area contributed by atoms with E-state index in [4.69, 9.17) is 11.6 Å². The zero-order valence-electron chi connectivity index (χ0n) is 9.74. The Labute approximate surface area is 104 Å². The highest BCUT2D eigenvalue weighted by atomic mass is 35.5. The fourth-order valence-electron chi connectivity index (χ4n) is 2.23. The third-order valence-corrected chi connectivity index (χ3v) is 3.24. The van der Waals surface area contributed by atoms with Gasteiger partial charge in [0.2, 0.25) is 0 Å². The zero-order chi connectivity index (χ0) is 12.0. The lowest BCUT2D eigenvalue weighted by Crippen LogP contribution is -1.96. The first kappa shape index (κ1) is 10.5. The molecule has 1 aromatic carbocycles. The molecule has 0 saturated heterocycles. The molecule has 0 saturated carbocycles. The number of aromatic nitrogens is 3. The molecule has 0 aliphatic rings. The second-order valence-electron chi connectivity index (χ2n) is 4.04. The maximum absolute atomic E-state index is 6.24. The van der Waals surface area contributed by atoms with E-state index in [1.165, 1.54) is 0 Å². The topological polar surface area (TPSA) is 30.2 Å². The first-order chi connectivity index (χ1) is 8.22. The predicted octanol–water partition coefficient (Wildman–Crippen LogP) is 3.41. The second-order valence-corrected chi connectivity index (χ2v) is 4.40. The van der Waals surface area contributed by atoms with Crippen LogP contribution in [0.5, 0.6) is 0 Å². The van der Waals surface area contributed by atoms with Crippen LogP contribution in [0.1, 0.15) is 18.4 Å². The fraction of sp³-hybridized carbons (Fsp3) is 0.231. The van der Waals surface area contributed by atoms with E-state index in [1.807, 2.05) is 31.2 Å². The van der Waals surface area contributed by atoms with Crippen molar-refractivity contribution in [1.29, 1.82) is 0 Å². The van der Waals surface area contributed by atoms with Crippen molar-refractivity contribution >= 4 is 28.2 Å². The van der Waals surface area contributed by atoms with E-state index in [9.17, 15) is 0 Å². The molecule has 3 nitrogen and oxygen atoms in total. The van der Waals surface area contributed by atoms with Gasteiger partial charge >= 0.3 is 0 Å². The van der Waals surface area contributed by atoms with Crippen LogP contribution in [0.3, 0.4) is 0 Å². The molecule has 0 atom stereocenters. The summed E-state index contributed by atoms with van der Waals surface area (Å²) in [5.41, 5.74) is 3.81. The van der Waals surface area contributed by atoms with Gasteiger partial charge in [0.15, 0.2) is 5.15 Å². The van der Waals surface area contributed by atoms with Crippen LogP contribution >= 0.6 is 11.6 Å². The first-order valence-corrected chi connectivity index (χ1v) is 6.02. The molecule has 3 aromatic rings. The van der Waals surface area contributed by atoms with E-state index < -0.39 is 0 Å². The van der Waals surface area contributed by atoms with E-state index in [-0.39, 0.29) is 0 Å². The molecule has 0 spiro atoms. The van der Waals surface area contributed by atoms with Gasteiger partial charge in [-0.3, -0.25) is 4.40 Å². The minimum atomic E-state index is 0.522. The lowest BCUT2D eigenvalue weighted by Gasteiger charge is -2.05. The summed E-state index contributed by atoms with van der Waals surface area (Å²) in [6.45, 7) is 4.06. The van der Waals surface area contributed by atoms with Crippen LogP contribution in [0.25, 0.3) is 16.6 Å². The van der Waals surface area contributed by atoms with Crippen molar-refractivity contribution in [1.82, 2.24) is 14.4 Å². The number of halogens is 1. The van der Waals surface area contributed by atoms with Gasteiger partial charge in [-0.15, -0.1) is 0 Å². The van der Waals surface area contributed by atoms with Crippen molar-refractivity contribution in [2.24, 2.45) is 0 Å². The van der Waals surface area contributed by atoms with Crippen molar-refractivity contribution in [2.75, 3.05) is 0 Å². The molecular weight excluding hydrogens is 234 g/mol. The molecule has 17 heavy (non-hydrogen) atoms. The van der Waals surface area contributed by atoms with E-state index in [0.29, 0.717) is 5.15 Å². The Morgan fingerprint density at radius 3 is 2.76 bits per heavy atom. The van der Waals surface area contributed by atoms with Crippen molar-refractivity contribution in [3.8, 4) is 0 Å². The summed E-state index contributed by atoms with van der Waals surface area (Å²) >= 11 is 6.24. The van der Waals surface area contributed by atoms with E-state index in [2.05, 4.69) is 21.3 Å². The minimum absolute atomic E-state index is 0.522. The summed E-state index contributed by atoms with van der Waals surface area (Å²) in [5.74, 6) is 1.03. The van der Waals surface area contributed by atoms with Gasteiger partial charge in [0.1, 0.15) is 11.3 Å². The van der Waals surface area contributed by atoms with Crippen LogP contribution in [0, 0.1) is 6.92 Å². The van der Waals surface area contributed by atoms with Crippen LogP contribution in [-0.4, -0.2) is 14.4 Å². The monoisotopic (exact) mass is 245 g/mol. The standard InChI is InChI=1S/C13H12ClN3/c1-3-11-15-8(2)12-13(14)16-9-6-4-5-7-10(9)17(11)12/h4-7H,3H2,1-2H3. The molecule has 3 rings (SSSR count). The Kier molecular flexibility index (Phi) is 2.30. The van der Waals surface area contributed by atoms with Crippen LogP contribution in [0.4, 0.5) is 0 Å². The van der Waals surface area contributed by atoms with Gasteiger partial charge in [-0.25, -0.2) is 9.97 Å². The van der Waals surface area contributed by atoms with Crippen molar-refractivity contribution in [2.45, 2.75) is 20.3 Å². The van der Waals surface area contributed by atoms with Crippen molar-refractivity contribution < 1.29 is 0 Å². The Morgan fingerprint density at radius 2 is 2.00 bits per heavy atom. The van der Waals surface area contributed by atoms with Gasteiger partial charge in [0.25, 0.3) is 0 Å². The molecule has 0 N–H and O–H groups in total. The molecule has 2 heterocycles. The third kappa shape index (κ3) is 1.42. The number of imidazole rings is 1. The van der Waals surface area contributed by atoms with Gasteiger partial charge in [0.05, 0.1) is 16.7 Å². The van der Waals surface area contributed by atoms with Gasteiger partial charge in [-0.2, -0.15) is 0 Å². The molecular formula is C13H12ClN3.